The van der Waals surface area contributed by atoms with Crippen molar-refractivity contribution in [2.24, 2.45) is 0 Å². The van der Waals surface area contributed by atoms with Crippen LogP contribution in [0.2, 0.25) is 5.02 Å². The summed E-state index contributed by atoms with van der Waals surface area (Å²) in [6, 6.07) is 8.30. The van der Waals surface area contributed by atoms with E-state index < -0.39 is 11.8 Å². The zero-order valence-corrected chi connectivity index (χ0v) is 11.4. The van der Waals surface area contributed by atoms with Crippen LogP contribution < -0.4 is 10.6 Å². The van der Waals surface area contributed by atoms with Crippen molar-refractivity contribution >= 4 is 34.8 Å². The lowest BCUT2D eigenvalue weighted by Crippen LogP contribution is -2.29. The number of carbonyl (C=O) groups excluding carboxylic acids is 2. The average molecular weight is 290 g/mol. The number of hydrogen-bond donors (Lipinski definition) is 2. The van der Waals surface area contributed by atoms with Gasteiger partial charge in [0.1, 0.15) is 0 Å². The summed E-state index contributed by atoms with van der Waals surface area (Å²) in [4.78, 5) is 27.3. The molecule has 0 aliphatic carbocycles. The van der Waals surface area contributed by atoms with Crippen molar-refractivity contribution in [2.75, 3.05) is 10.6 Å². The average Bonchev–Trinajstić information content (AvgIpc) is 2.43. The first-order chi connectivity index (χ1) is 9.56. The number of hydrogen-bond acceptors (Lipinski definition) is 3. The third-order valence-electron chi connectivity index (χ3n) is 2.56. The van der Waals surface area contributed by atoms with Gasteiger partial charge in [0.2, 0.25) is 0 Å². The highest BCUT2D eigenvalue weighted by molar-refractivity contribution is 6.43. The summed E-state index contributed by atoms with van der Waals surface area (Å²) < 4.78 is 0. The molecule has 1 heterocycles. The van der Waals surface area contributed by atoms with Gasteiger partial charge < -0.3 is 10.6 Å². The minimum Gasteiger partial charge on any atom is -0.318 e. The van der Waals surface area contributed by atoms with Crippen molar-refractivity contribution in [1.29, 1.82) is 0 Å². The molecule has 0 saturated heterocycles. The van der Waals surface area contributed by atoms with Gasteiger partial charge in [0, 0.05) is 16.9 Å². The largest absolute Gasteiger partial charge is 0.318 e. The van der Waals surface area contributed by atoms with Crippen molar-refractivity contribution in [2.45, 2.75) is 6.92 Å². The van der Waals surface area contributed by atoms with Crippen LogP contribution in [0.3, 0.4) is 0 Å². The standard InChI is InChI=1S/C14H12ClN3O2/c1-9-7-10(15)4-5-12(9)18-14(20)13(19)17-11-3-2-6-16-8-11/h2-8H,1H3,(H,17,19)(H,18,20). The number of nitrogens with zero attached hydrogens (tertiary/aromatic N) is 1. The number of pyridine rings is 1. The van der Waals surface area contributed by atoms with Gasteiger partial charge in [0.05, 0.1) is 11.9 Å². The van der Waals surface area contributed by atoms with E-state index in [9.17, 15) is 9.59 Å². The van der Waals surface area contributed by atoms with Gasteiger partial charge in [-0.05, 0) is 42.8 Å². The molecule has 102 valence electrons. The molecule has 1 aromatic carbocycles. The molecule has 1 aromatic heterocycles. The van der Waals surface area contributed by atoms with Gasteiger partial charge in [-0.25, -0.2) is 0 Å². The summed E-state index contributed by atoms with van der Waals surface area (Å²) in [5.41, 5.74) is 1.78. The number of nitrogens with one attached hydrogen (secondary N) is 2. The van der Waals surface area contributed by atoms with Gasteiger partial charge in [0.25, 0.3) is 0 Å². The second-order valence-corrected chi connectivity index (χ2v) is 4.55. The summed E-state index contributed by atoms with van der Waals surface area (Å²) in [7, 11) is 0. The van der Waals surface area contributed by atoms with Gasteiger partial charge >= 0.3 is 11.8 Å². The van der Waals surface area contributed by atoms with E-state index in [0.29, 0.717) is 16.4 Å². The molecule has 20 heavy (non-hydrogen) atoms. The fourth-order valence-corrected chi connectivity index (χ4v) is 1.80. The number of benzene rings is 1. The van der Waals surface area contributed by atoms with Crippen LogP contribution in [0.5, 0.6) is 0 Å². The maximum Gasteiger partial charge on any atom is 0.314 e. The Balaban J connectivity index is 2.03. The predicted molar refractivity (Wildman–Crippen MR) is 77.7 cm³/mol. The molecule has 2 aromatic rings. The van der Waals surface area contributed by atoms with Crippen LogP contribution in [-0.2, 0) is 9.59 Å². The Morgan fingerprint density at radius 2 is 1.90 bits per heavy atom. The monoisotopic (exact) mass is 289 g/mol. The van der Waals surface area contributed by atoms with Crippen LogP contribution in [0.1, 0.15) is 5.56 Å². The van der Waals surface area contributed by atoms with Crippen LogP contribution >= 0.6 is 11.6 Å². The van der Waals surface area contributed by atoms with Gasteiger partial charge in [-0.2, -0.15) is 0 Å². The highest BCUT2D eigenvalue weighted by Gasteiger charge is 2.14. The zero-order valence-electron chi connectivity index (χ0n) is 10.7. The first-order valence-corrected chi connectivity index (χ1v) is 6.22. The van der Waals surface area contributed by atoms with E-state index >= 15 is 0 Å². The molecule has 0 atom stereocenters. The predicted octanol–water partition coefficient (Wildman–Crippen LogP) is 2.62. The summed E-state index contributed by atoms with van der Waals surface area (Å²) in [5, 5.41) is 5.55. The normalized spacial score (nSPS) is 9.90. The first-order valence-electron chi connectivity index (χ1n) is 5.85. The van der Waals surface area contributed by atoms with Crippen molar-refractivity contribution < 1.29 is 9.59 Å². The van der Waals surface area contributed by atoms with Crippen LogP contribution in [-0.4, -0.2) is 16.8 Å². The third-order valence-corrected chi connectivity index (χ3v) is 2.80. The Morgan fingerprint density at radius 1 is 1.15 bits per heavy atom. The maximum absolute atomic E-state index is 11.8. The molecule has 2 amide bonds. The summed E-state index contributed by atoms with van der Waals surface area (Å²) in [5.74, 6) is -1.51. The molecular weight excluding hydrogens is 278 g/mol. The second-order valence-electron chi connectivity index (χ2n) is 4.11. The molecule has 0 fully saturated rings. The fourth-order valence-electron chi connectivity index (χ4n) is 1.57. The molecule has 0 spiro atoms. The van der Waals surface area contributed by atoms with Gasteiger partial charge in [0.15, 0.2) is 0 Å². The Hall–Kier alpha value is -2.40. The van der Waals surface area contributed by atoms with E-state index in [1.165, 1.54) is 6.20 Å². The third kappa shape index (κ3) is 3.55. The number of amides is 2. The topological polar surface area (TPSA) is 71.1 Å². The summed E-state index contributed by atoms with van der Waals surface area (Å²) >= 11 is 5.82. The van der Waals surface area contributed by atoms with Gasteiger partial charge in [-0.15, -0.1) is 0 Å². The van der Waals surface area contributed by atoms with E-state index in [1.807, 2.05) is 0 Å². The van der Waals surface area contributed by atoms with Crippen molar-refractivity contribution in [1.82, 2.24) is 4.98 Å². The fraction of sp³-hybridized carbons (Fsp3) is 0.0714. The Morgan fingerprint density at radius 3 is 2.55 bits per heavy atom. The molecular formula is C14H12ClN3O2. The maximum atomic E-state index is 11.8. The Bertz CT molecular complexity index is 644. The molecule has 5 nitrogen and oxygen atoms in total. The summed E-state index contributed by atoms with van der Waals surface area (Å²) in [6.07, 6.45) is 3.03. The van der Waals surface area contributed by atoms with E-state index in [4.69, 9.17) is 11.6 Å². The second kappa shape index (κ2) is 6.16. The highest BCUT2D eigenvalue weighted by atomic mass is 35.5. The lowest BCUT2D eigenvalue weighted by atomic mass is 10.2. The number of halogens is 1. The van der Waals surface area contributed by atoms with E-state index in [-0.39, 0.29) is 0 Å². The van der Waals surface area contributed by atoms with E-state index in [0.717, 1.165) is 5.56 Å². The van der Waals surface area contributed by atoms with Crippen LogP contribution in [0.15, 0.2) is 42.7 Å². The molecule has 0 unspecified atom stereocenters. The molecule has 0 radical (unpaired) electrons. The lowest BCUT2D eigenvalue weighted by molar-refractivity contribution is -0.133. The lowest BCUT2D eigenvalue weighted by Gasteiger charge is -2.08. The Labute approximate surface area is 121 Å². The SMILES string of the molecule is Cc1cc(Cl)ccc1NC(=O)C(=O)Nc1cccnc1. The number of aromatic nitrogens is 1. The molecule has 0 saturated carbocycles. The molecule has 6 heteroatoms. The highest BCUT2D eigenvalue weighted by Crippen LogP contribution is 2.19. The smallest absolute Gasteiger partial charge is 0.314 e. The van der Waals surface area contributed by atoms with Crippen molar-refractivity contribution in [3.63, 3.8) is 0 Å². The minimum atomic E-state index is -0.757. The number of aryl methyl sites for hydroxylation is 1. The number of carbonyl (C=O) groups is 2. The van der Waals surface area contributed by atoms with Crippen molar-refractivity contribution in [3.8, 4) is 0 Å². The van der Waals surface area contributed by atoms with Crippen LogP contribution in [0, 0.1) is 6.92 Å². The zero-order chi connectivity index (χ0) is 14.5. The Kier molecular flexibility index (Phi) is 4.32. The van der Waals surface area contributed by atoms with E-state index in [2.05, 4.69) is 15.6 Å². The molecule has 0 aliphatic rings. The number of rotatable bonds is 2. The summed E-state index contributed by atoms with van der Waals surface area (Å²) in [6.45, 7) is 1.79. The minimum absolute atomic E-state index is 0.459. The van der Waals surface area contributed by atoms with Gasteiger partial charge in [-0.3, -0.25) is 14.6 Å². The first kappa shape index (κ1) is 14.0. The molecule has 2 N–H and O–H groups in total. The van der Waals surface area contributed by atoms with Gasteiger partial charge in [-0.1, -0.05) is 11.6 Å². The molecule has 2 rings (SSSR count). The van der Waals surface area contributed by atoms with Crippen LogP contribution in [0.4, 0.5) is 11.4 Å². The molecule has 0 bridgehead atoms. The van der Waals surface area contributed by atoms with Crippen LogP contribution in [0.25, 0.3) is 0 Å². The quantitative estimate of drug-likeness (QED) is 0.835. The number of anilines is 2. The van der Waals surface area contributed by atoms with E-state index in [1.54, 1.807) is 43.5 Å². The molecule has 0 aliphatic heterocycles. The van der Waals surface area contributed by atoms with Crippen molar-refractivity contribution in [3.05, 3.63) is 53.3 Å².